The second kappa shape index (κ2) is 9.70. The second-order valence-corrected chi connectivity index (χ2v) is 7.77. The zero-order valence-electron chi connectivity index (χ0n) is 17.9. The predicted octanol–water partition coefficient (Wildman–Crippen LogP) is 4.73. The zero-order chi connectivity index (χ0) is 22.7. The van der Waals surface area contributed by atoms with Crippen molar-refractivity contribution >= 4 is 22.3 Å². The number of hydrogen-bond acceptors (Lipinski definition) is 6. The lowest BCUT2D eigenvalue weighted by Crippen LogP contribution is -2.44. The van der Waals surface area contributed by atoms with Gasteiger partial charge in [-0.15, -0.1) is 0 Å². The number of aromatic nitrogens is 2. The van der Waals surface area contributed by atoms with Gasteiger partial charge in [-0.1, -0.05) is 18.2 Å². The van der Waals surface area contributed by atoms with Gasteiger partial charge in [0.25, 0.3) is 6.43 Å². The average molecular weight is 446 g/mol. The molecule has 2 aromatic carbocycles. The summed E-state index contributed by atoms with van der Waals surface area (Å²) in [5.41, 5.74) is 1.88. The summed E-state index contributed by atoms with van der Waals surface area (Å²) >= 11 is 0. The lowest BCUT2D eigenvalue weighted by atomic mass is 10.0. The maximum Gasteiger partial charge on any atom is 0.266 e. The molecule has 0 aliphatic carbocycles. The van der Waals surface area contributed by atoms with Crippen molar-refractivity contribution in [1.29, 1.82) is 0 Å². The Morgan fingerprint density at radius 1 is 1.25 bits per heavy atom. The van der Waals surface area contributed by atoms with Gasteiger partial charge in [0.05, 0.1) is 48.3 Å². The minimum atomic E-state index is -2.87. The van der Waals surface area contributed by atoms with E-state index in [1.54, 1.807) is 20.2 Å². The Hall–Kier alpha value is -2.91. The van der Waals surface area contributed by atoms with Crippen LogP contribution in [-0.4, -0.2) is 49.7 Å². The predicted molar refractivity (Wildman–Crippen MR) is 117 cm³/mol. The molecular formula is C23H25F3N4O2. The second-order valence-electron chi connectivity index (χ2n) is 7.77. The lowest BCUT2D eigenvalue weighted by molar-refractivity contribution is -0.0100. The number of hydrogen-bond donors (Lipinski definition) is 1. The van der Waals surface area contributed by atoms with Crippen molar-refractivity contribution in [2.24, 2.45) is 0 Å². The SMILES string of the molecule is COCC1CN(c2ccc3nncc(N[C@H](C)c4cccc(C(F)F)c4F)c3c2)CCO1. The van der Waals surface area contributed by atoms with Crippen LogP contribution in [-0.2, 0) is 9.47 Å². The van der Waals surface area contributed by atoms with Crippen LogP contribution in [0.15, 0.2) is 42.6 Å². The van der Waals surface area contributed by atoms with Crippen molar-refractivity contribution in [2.45, 2.75) is 25.5 Å². The van der Waals surface area contributed by atoms with Gasteiger partial charge in [-0.05, 0) is 25.1 Å². The van der Waals surface area contributed by atoms with Gasteiger partial charge >= 0.3 is 0 Å². The molecule has 2 heterocycles. The van der Waals surface area contributed by atoms with Gasteiger partial charge in [-0.25, -0.2) is 13.2 Å². The van der Waals surface area contributed by atoms with Gasteiger partial charge in [0, 0.05) is 36.8 Å². The number of morpholine rings is 1. The Kier molecular flexibility index (Phi) is 6.76. The summed E-state index contributed by atoms with van der Waals surface area (Å²) in [6, 6.07) is 9.35. The fourth-order valence-corrected chi connectivity index (χ4v) is 3.98. The maximum atomic E-state index is 14.6. The Bertz CT molecular complexity index is 1080. The Morgan fingerprint density at radius 2 is 2.06 bits per heavy atom. The van der Waals surface area contributed by atoms with E-state index in [0.717, 1.165) is 23.7 Å². The molecule has 0 spiro atoms. The van der Waals surface area contributed by atoms with Gasteiger partial charge < -0.3 is 19.7 Å². The fourth-order valence-electron chi connectivity index (χ4n) is 3.98. The van der Waals surface area contributed by atoms with Crippen LogP contribution in [0.3, 0.4) is 0 Å². The van der Waals surface area contributed by atoms with Gasteiger partial charge in [0.1, 0.15) is 5.82 Å². The van der Waals surface area contributed by atoms with Gasteiger partial charge in [-0.3, -0.25) is 0 Å². The smallest absolute Gasteiger partial charge is 0.266 e. The summed E-state index contributed by atoms with van der Waals surface area (Å²) in [7, 11) is 1.65. The number of nitrogens with one attached hydrogen (secondary N) is 1. The highest BCUT2D eigenvalue weighted by molar-refractivity contribution is 5.93. The molecule has 1 aliphatic heterocycles. The summed E-state index contributed by atoms with van der Waals surface area (Å²) in [5.74, 6) is -0.896. The molecule has 0 amide bonds. The molecule has 6 nitrogen and oxygen atoms in total. The number of methoxy groups -OCH3 is 1. The number of halogens is 3. The number of alkyl halides is 2. The van der Waals surface area contributed by atoms with Crippen molar-refractivity contribution < 1.29 is 22.6 Å². The van der Waals surface area contributed by atoms with E-state index in [0.29, 0.717) is 31.0 Å². The van der Waals surface area contributed by atoms with Crippen molar-refractivity contribution in [1.82, 2.24) is 10.2 Å². The minimum absolute atomic E-state index is 0.0114. The number of ether oxygens (including phenoxy) is 2. The van der Waals surface area contributed by atoms with Crippen LogP contribution in [0.5, 0.6) is 0 Å². The monoisotopic (exact) mass is 446 g/mol. The highest BCUT2D eigenvalue weighted by Gasteiger charge is 2.22. The average Bonchev–Trinajstić information content (AvgIpc) is 2.79. The first-order chi connectivity index (χ1) is 15.5. The molecule has 2 atom stereocenters. The largest absolute Gasteiger partial charge is 0.382 e. The molecule has 170 valence electrons. The van der Waals surface area contributed by atoms with E-state index in [2.05, 4.69) is 20.4 Å². The molecular weight excluding hydrogens is 421 g/mol. The van der Waals surface area contributed by atoms with E-state index in [4.69, 9.17) is 9.47 Å². The van der Waals surface area contributed by atoms with Gasteiger partial charge in [0.15, 0.2) is 0 Å². The molecule has 3 aromatic rings. The van der Waals surface area contributed by atoms with Crippen LogP contribution in [0, 0.1) is 5.82 Å². The molecule has 0 saturated carbocycles. The molecule has 32 heavy (non-hydrogen) atoms. The topological polar surface area (TPSA) is 59.5 Å². The molecule has 1 aromatic heterocycles. The van der Waals surface area contributed by atoms with Crippen LogP contribution in [0.1, 0.15) is 30.5 Å². The van der Waals surface area contributed by atoms with Crippen LogP contribution in [0.25, 0.3) is 10.9 Å². The molecule has 4 rings (SSSR count). The van der Waals surface area contributed by atoms with E-state index < -0.39 is 23.8 Å². The normalized spacial score (nSPS) is 17.7. The summed E-state index contributed by atoms with van der Waals surface area (Å²) < 4.78 is 51.8. The van der Waals surface area contributed by atoms with Gasteiger partial charge in [-0.2, -0.15) is 10.2 Å². The molecule has 0 bridgehead atoms. The third-order valence-electron chi connectivity index (χ3n) is 5.61. The van der Waals surface area contributed by atoms with Gasteiger partial charge in [0.2, 0.25) is 0 Å². The van der Waals surface area contributed by atoms with Crippen molar-refractivity contribution in [3.05, 3.63) is 59.5 Å². The minimum Gasteiger partial charge on any atom is -0.382 e. The maximum absolute atomic E-state index is 14.6. The van der Waals surface area contributed by atoms with Crippen molar-refractivity contribution in [3.8, 4) is 0 Å². The third-order valence-corrected chi connectivity index (χ3v) is 5.61. The third kappa shape index (κ3) is 4.63. The van der Waals surface area contributed by atoms with E-state index >= 15 is 0 Å². The fraction of sp³-hybridized carbons (Fsp3) is 0.391. The number of benzene rings is 2. The highest BCUT2D eigenvalue weighted by Crippen LogP contribution is 2.32. The van der Waals surface area contributed by atoms with E-state index in [-0.39, 0.29) is 11.7 Å². The summed E-state index contributed by atoms with van der Waals surface area (Å²) in [5, 5.41) is 12.2. The first-order valence-corrected chi connectivity index (χ1v) is 10.4. The van der Waals surface area contributed by atoms with Crippen LogP contribution >= 0.6 is 0 Å². The molecule has 1 unspecified atom stereocenters. The Labute approximate surface area is 184 Å². The van der Waals surface area contributed by atoms with E-state index in [1.807, 2.05) is 18.2 Å². The van der Waals surface area contributed by atoms with E-state index in [1.165, 1.54) is 12.1 Å². The quantitative estimate of drug-likeness (QED) is 0.566. The molecule has 1 fully saturated rings. The van der Waals surface area contributed by atoms with Crippen molar-refractivity contribution in [2.75, 3.05) is 43.6 Å². The first-order valence-electron chi connectivity index (χ1n) is 10.4. The lowest BCUT2D eigenvalue weighted by Gasteiger charge is -2.34. The zero-order valence-corrected chi connectivity index (χ0v) is 17.9. The molecule has 1 aliphatic rings. The number of fused-ring (bicyclic) bond motifs is 1. The summed E-state index contributed by atoms with van der Waals surface area (Å²) in [6.07, 6.45) is -1.32. The van der Waals surface area contributed by atoms with E-state index in [9.17, 15) is 13.2 Å². The molecule has 1 N–H and O–H groups in total. The van der Waals surface area contributed by atoms with Crippen LogP contribution in [0.4, 0.5) is 24.5 Å². The number of anilines is 2. The first kappa shape index (κ1) is 22.3. The summed E-state index contributed by atoms with van der Waals surface area (Å²) in [4.78, 5) is 2.21. The van der Waals surface area contributed by atoms with Crippen LogP contribution in [0.2, 0.25) is 0 Å². The Balaban J connectivity index is 1.62. The standard InChI is InChI=1S/C23H25F3N4O2/c1-14(17-4-3-5-18(22(17)24)23(25)26)28-21-11-27-29-20-7-6-15(10-19(20)21)30-8-9-32-16(12-30)13-31-2/h3-7,10-11,14,16,23H,8-9,12-13H2,1-2H3,(H,28,29)/t14-,16?/m1/s1. The van der Waals surface area contributed by atoms with Crippen LogP contribution < -0.4 is 10.2 Å². The molecule has 0 radical (unpaired) electrons. The summed E-state index contributed by atoms with van der Waals surface area (Å²) in [6.45, 7) is 4.28. The molecule has 9 heteroatoms. The highest BCUT2D eigenvalue weighted by atomic mass is 19.3. The molecule has 1 saturated heterocycles. The number of nitrogens with zero attached hydrogens (tertiary/aromatic N) is 3. The number of rotatable bonds is 7. The van der Waals surface area contributed by atoms with Crippen molar-refractivity contribution in [3.63, 3.8) is 0 Å². The Morgan fingerprint density at radius 3 is 2.84 bits per heavy atom.